The maximum Gasteiger partial charge on any atom is 0.262 e. The lowest BCUT2D eigenvalue weighted by Crippen LogP contribution is -2.33. The molecule has 1 N–H and O–H groups in total. The van der Waals surface area contributed by atoms with E-state index in [1.807, 2.05) is 35.8 Å². The van der Waals surface area contributed by atoms with Crippen LogP contribution in [0.25, 0.3) is 10.9 Å². The molecule has 0 unspecified atom stereocenters. The Kier molecular flexibility index (Phi) is 4.54. The number of para-hydroxylation sites is 1. The van der Waals surface area contributed by atoms with Crippen LogP contribution in [0.4, 0.5) is 0 Å². The number of rotatable bonds is 5. The van der Waals surface area contributed by atoms with Crippen molar-refractivity contribution < 1.29 is 4.79 Å². The molecule has 0 bridgehead atoms. The van der Waals surface area contributed by atoms with Crippen molar-refractivity contribution in [3.05, 3.63) is 34.6 Å². The number of thioether (sulfide) groups is 1. The first-order valence-corrected chi connectivity index (χ1v) is 10.00. The molecule has 1 atom stereocenters. The second kappa shape index (κ2) is 6.83. The Bertz CT molecular complexity index is 853. The Morgan fingerprint density at radius 2 is 1.96 bits per heavy atom. The molecule has 1 aromatic carbocycles. The molecule has 2 saturated carbocycles. The van der Waals surface area contributed by atoms with Crippen molar-refractivity contribution in [2.24, 2.45) is 0 Å². The van der Waals surface area contributed by atoms with Crippen LogP contribution in [-0.2, 0) is 4.79 Å². The topological polar surface area (TPSA) is 64.0 Å². The van der Waals surface area contributed by atoms with Crippen LogP contribution in [-0.4, -0.2) is 26.8 Å². The monoisotopic (exact) mass is 357 g/mol. The smallest absolute Gasteiger partial charge is 0.262 e. The maximum absolute atomic E-state index is 13.1. The van der Waals surface area contributed by atoms with Crippen LogP contribution in [0.15, 0.2) is 34.2 Å². The van der Waals surface area contributed by atoms with E-state index in [0.29, 0.717) is 22.1 Å². The average Bonchev–Trinajstić information content (AvgIpc) is 3.26. The lowest BCUT2D eigenvalue weighted by Gasteiger charge is -2.20. The highest BCUT2D eigenvalue weighted by Crippen LogP contribution is 2.33. The summed E-state index contributed by atoms with van der Waals surface area (Å²) in [4.78, 5) is 30.2. The number of benzene rings is 1. The number of carbonyl (C=O) groups excluding carboxylic acids is 1. The van der Waals surface area contributed by atoms with Gasteiger partial charge in [0.25, 0.3) is 5.56 Å². The van der Waals surface area contributed by atoms with E-state index in [1.165, 1.54) is 11.8 Å². The molecule has 132 valence electrons. The Labute approximate surface area is 151 Å². The van der Waals surface area contributed by atoms with Gasteiger partial charge in [-0.25, -0.2) is 4.98 Å². The molecule has 6 heteroatoms. The van der Waals surface area contributed by atoms with E-state index in [2.05, 4.69) is 5.32 Å². The molecule has 1 aromatic heterocycles. The van der Waals surface area contributed by atoms with Crippen molar-refractivity contribution in [3.63, 3.8) is 0 Å². The molecule has 1 amide bonds. The van der Waals surface area contributed by atoms with E-state index in [1.54, 1.807) is 0 Å². The molecule has 2 aliphatic rings. The molecule has 2 fully saturated rings. The highest BCUT2D eigenvalue weighted by Gasteiger charge is 2.28. The second-order valence-electron chi connectivity index (χ2n) is 7.07. The molecule has 0 radical (unpaired) electrons. The lowest BCUT2D eigenvalue weighted by molar-refractivity contribution is -0.120. The first-order chi connectivity index (χ1) is 12.1. The van der Waals surface area contributed by atoms with Crippen LogP contribution >= 0.6 is 11.8 Å². The third kappa shape index (κ3) is 3.45. The molecule has 2 aliphatic carbocycles. The number of aromatic nitrogens is 2. The van der Waals surface area contributed by atoms with E-state index < -0.39 is 0 Å². The Morgan fingerprint density at radius 1 is 1.24 bits per heavy atom. The van der Waals surface area contributed by atoms with Gasteiger partial charge in [-0.05, 0) is 44.7 Å². The molecular formula is C19H23N3O2S. The number of carbonyl (C=O) groups is 1. The molecule has 25 heavy (non-hydrogen) atoms. The van der Waals surface area contributed by atoms with E-state index in [4.69, 9.17) is 4.98 Å². The van der Waals surface area contributed by atoms with E-state index in [0.717, 1.165) is 38.5 Å². The maximum atomic E-state index is 13.1. The fourth-order valence-electron chi connectivity index (χ4n) is 3.45. The van der Waals surface area contributed by atoms with Gasteiger partial charge in [0.15, 0.2) is 5.16 Å². The molecule has 0 aliphatic heterocycles. The normalized spacial score (nSPS) is 19.2. The summed E-state index contributed by atoms with van der Waals surface area (Å²) < 4.78 is 1.85. The number of nitrogens with one attached hydrogen (secondary N) is 1. The molecule has 4 rings (SSSR count). The van der Waals surface area contributed by atoms with Crippen molar-refractivity contribution in [2.75, 3.05) is 0 Å². The summed E-state index contributed by atoms with van der Waals surface area (Å²) in [6.45, 7) is 1.89. The minimum Gasteiger partial charge on any atom is -0.352 e. The molecule has 5 nitrogen and oxygen atoms in total. The summed E-state index contributed by atoms with van der Waals surface area (Å²) in [6.07, 6.45) is 6.46. The summed E-state index contributed by atoms with van der Waals surface area (Å²) in [5.41, 5.74) is 0.730. The van der Waals surface area contributed by atoms with Gasteiger partial charge in [0, 0.05) is 12.1 Å². The van der Waals surface area contributed by atoms with Crippen molar-refractivity contribution in [2.45, 2.75) is 67.9 Å². The Hall–Kier alpha value is -1.82. The minimum atomic E-state index is -0.263. The van der Waals surface area contributed by atoms with Crippen molar-refractivity contribution in [1.29, 1.82) is 0 Å². The first-order valence-electron chi connectivity index (χ1n) is 9.12. The van der Waals surface area contributed by atoms with Gasteiger partial charge in [-0.3, -0.25) is 14.2 Å². The Morgan fingerprint density at radius 3 is 2.68 bits per heavy atom. The molecular weight excluding hydrogens is 334 g/mol. The molecule has 1 heterocycles. The highest BCUT2D eigenvalue weighted by atomic mass is 32.2. The quantitative estimate of drug-likeness (QED) is 0.659. The number of nitrogens with zero attached hydrogens (tertiary/aromatic N) is 2. The van der Waals surface area contributed by atoms with Gasteiger partial charge >= 0.3 is 0 Å². The van der Waals surface area contributed by atoms with Crippen LogP contribution in [0.5, 0.6) is 0 Å². The van der Waals surface area contributed by atoms with Gasteiger partial charge < -0.3 is 5.32 Å². The summed E-state index contributed by atoms with van der Waals surface area (Å²) in [5, 5.41) is 4.11. The van der Waals surface area contributed by atoms with Crippen molar-refractivity contribution in [1.82, 2.24) is 14.9 Å². The number of hydrogen-bond acceptors (Lipinski definition) is 4. The predicted octanol–water partition coefficient (Wildman–Crippen LogP) is 3.27. The minimum absolute atomic E-state index is 0.0230. The van der Waals surface area contributed by atoms with Crippen molar-refractivity contribution >= 4 is 28.6 Å². The van der Waals surface area contributed by atoms with E-state index in [-0.39, 0.29) is 22.8 Å². The summed E-state index contributed by atoms with van der Waals surface area (Å²) >= 11 is 1.40. The average molecular weight is 357 g/mol. The largest absolute Gasteiger partial charge is 0.352 e. The van der Waals surface area contributed by atoms with Gasteiger partial charge in [-0.1, -0.05) is 36.7 Å². The summed E-state index contributed by atoms with van der Waals surface area (Å²) in [7, 11) is 0. The highest BCUT2D eigenvalue weighted by molar-refractivity contribution is 8.00. The van der Waals surface area contributed by atoms with Crippen LogP contribution in [0.3, 0.4) is 0 Å². The number of hydrogen-bond donors (Lipinski definition) is 1. The number of fused-ring (bicyclic) bond motifs is 1. The third-order valence-corrected chi connectivity index (χ3v) is 6.11. The van der Waals surface area contributed by atoms with Gasteiger partial charge in [0.05, 0.1) is 16.2 Å². The zero-order valence-electron chi connectivity index (χ0n) is 14.4. The van der Waals surface area contributed by atoms with Crippen LogP contribution < -0.4 is 10.9 Å². The lowest BCUT2D eigenvalue weighted by atomic mass is 10.2. The zero-order valence-corrected chi connectivity index (χ0v) is 15.2. The third-order valence-electron chi connectivity index (χ3n) is 5.04. The van der Waals surface area contributed by atoms with Gasteiger partial charge in [-0.2, -0.15) is 0 Å². The summed E-state index contributed by atoms with van der Waals surface area (Å²) in [6, 6.07) is 8.03. The van der Waals surface area contributed by atoms with Crippen LogP contribution in [0, 0.1) is 0 Å². The molecule has 2 aromatic rings. The second-order valence-corrected chi connectivity index (χ2v) is 8.38. The van der Waals surface area contributed by atoms with Crippen LogP contribution in [0.1, 0.15) is 51.5 Å². The number of amides is 1. The standard InChI is InChI=1S/C19H23N3O2S/c1-12(17(23)20-13-10-11-13)25-19-21-16-9-5-4-8-15(16)18(24)22(19)14-6-2-3-7-14/h4-5,8-9,12-14H,2-3,6-7,10-11H2,1H3,(H,20,23)/t12-/m0/s1. The van der Waals surface area contributed by atoms with Crippen LogP contribution in [0.2, 0.25) is 0 Å². The molecule has 0 saturated heterocycles. The van der Waals surface area contributed by atoms with E-state index >= 15 is 0 Å². The first kappa shape index (κ1) is 16.6. The Balaban J connectivity index is 1.71. The fourth-order valence-corrected chi connectivity index (χ4v) is 4.44. The van der Waals surface area contributed by atoms with Crippen molar-refractivity contribution in [3.8, 4) is 0 Å². The SMILES string of the molecule is C[C@H](Sc1nc2ccccc2c(=O)n1C1CCCC1)C(=O)NC1CC1. The van der Waals surface area contributed by atoms with E-state index in [9.17, 15) is 9.59 Å². The van der Waals surface area contributed by atoms with Gasteiger partial charge in [0.1, 0.15) is 0 Å². The van der Waals surface area contributed by atoms with Gasteiger partial charge in [0.2, 0.25) is 5.91 Å². The predicted molar refractivity (Wildman–Crippen MR) is 100.0 cm³/mol. The molecule has 0 spiro atoms. The summed E-state index contributed by atoms with van der Waals surface area (Å²) in [5.74, 6) is 0.0351. The zero-order chi connectivity index (χ0) is 17.4. The fraction of sp³-hybridized carbons (Fsp3) is 0.526. The van der Waals surface area contributed by atoms with Gasteiger partial charge in [-0.15, -0.1) is 0 Å².